The Morgan fingerprint density at radius 3 is 2.67 bits per heavy atom. The number of aryl methyl sites for hydroxylation is 1. The number of nitrogens with one attached hydrogen (secondary N) is 1. The van der Waals surface area contributed by atoms with E-state index < -0.39 is 0 Å². The fraction of sp³-hybridized carbons (Fsp3) is 0.286. The highest BCUT2D eigenvalue weighted by molar-refractivity contribution is 5.84. The summed E-state index contributed by atoms with van der Waals surface area (Å²) >= 11 is 0. The average molecular weight is 318 g/mol. The average Bonchev–Trinajstić information content (AvgIpc) is 3.34. The fourth-order valence-electron chi connectivity index (χ4n) is 3.32. The molecule has 1 saturated carbocycles. The molecule has 24 heavy (non-hydrogen) atoms. The number of carbonyl (C=O) groups is 1. The summed E-state index contributed by atoms with van der Waals surface area (Å²) in [6, 6.07) is 19.1. The minimum Gasteiger partial charge on any atom is -0.361 e. The summed E-state index contributed by atoms with van der Waals surface area (Å²) < 4.78 is 0. The lowest BCUT2D eigenvalue weighted by molar-refractivity contribution is -0.132. The van der Waals surface area contributed by atoms with E-state index >= 15 is 0 Å². The summed E-state index contributed by atoms with van der Waals surface area (Å²) in [5.41, 5.74) is 3.60. The van der Waals surface area contributed by atoms with Gasteiger partial charge in [-0.25, -0.2) is 0 Å². The van der Waals surface area contributed by atoms with Crippen molar-refractivity contribution in [3.63, 3.8) is 0 Å². The van der Waals surface area contributed by atoms with E-state index in [-0.39, 0.29) is 5.91 Å². The first-order valence-corrected chi connectivity index (χ1v) is 8.69. The van der Waals surface area contributed by atoms with Crippen molar-refractivity contribution < 1.29 is 4.79 Å². The molecule has 4 rings (SSSR count). The number of amides is 1. The van der Waals surface area contributed by atoms with Gasteiger partial charge in [0.05, 0.1) is 0 Å². The van der Waals surface area contributed by atoms with Crippen LogP contribution >= 0.6 is 0 Å². The smallest absolute Gasteiger partial charge is 0.223 e. The van der Waals surface area contributed by atoms with Crippen molar-refractivity contribution in [2.45, 2.75) is 38.3 Å². The van der Waals surface area contributed by atoms with Gasteiger partial charge < -0.3 is 9.88 Å². The van der Waals surface area contributed by atoms with Crippen LogP contribution in [0.25, 0.3) is 10.9 Å². The van der Waals surface area contributed by atoms with Crippen molar-refractivity contribution in [3.05, 3.63) is 71.9 Å². The molecule has 1 N–H and O–H groups in total. The molecule has 0 aliphatic heterocycles. The van der Waals surface area contributed by atoms with Gasteiger partial charge in [-0.1, -0.05) is 42.5 Å². The molecule has 0 atom stereocenters. The summed E-state index contributed by atoms with van der Waals surface area (Å²) in [5.74, 6) is 0.272. The summed E-state index contributed by atoms with van der Waals surface area (Å²) in [7, 11) is 0. The van der Waals surface area contributed by atoms with Crippen molar-refractivity contribution >= 4 is 16.8 Å². The van der Waals surface area contributed by atoms with Crippen LogP contribution in [0.2, 0.25) is 0 Å². The molecule has 1 aromatic heterocycles. The Kier molecular flexibility index (Phi) is 4.08. The number of benzene rings is 2. The van der Waals surface area contributed by atoms with Gasteiger partial charge in [0.1, 0.15) is 0 Å². The lowest BCUT2D eigenvalue weighted by atomic mass is 10.1. The Morgan fingerprint density at radius 2 is 1.88 bits per heavy atom. The molecule has 3 heteroatoms. The number of rotatable bonds is 6. The summed E-state index contributed by atoms with van der Waals surface area (Å²) in [4.78, 5) is 18.1. The Bertz CT molecular complexity index is 833. The number of fused-ring (bicyclic) bond motifs is 1. The molecular weight excluding hydrogens is 296 g/mol. The van der Waals surface area contributed by atoms with Gasteiger partial charge in [0, 0.05) is 36.1 Å². The molecule has 0 radical (unpaired) electrons. The SMILES string of the molecule is O=C(CCc1ccccc1)N(Cc1cccc2[nH]ccc12)C1CC1. The van der Waals surface area contributed by atoms with E-state index in [4.69, 9.17) is 0 Å². The minimum absolute atomic E-state index is 0.272. The van der Waals surface area contributed by atoms with Crippen LogP contribution in [0.15, 0.2) is 60.8 Å². The van der Waals surface area contributed by atoms with Crippen LogP contribution in [0.5, 0.6) is 0 Å². The van der Waals surface area contributed by atoms with Crippen LogP contribution in [0.4, 0.5) is 0 Å². The predicted molar refractivity (Wildman–Crippen MR) is 96.6 cm³/mol. The molecule has 3 aromatic rings. The number of nitrogens with zero attached hydrogens (tertiary/aromatic N) is 1. The molecule has 1 aliphatic rings. The van der Waals surface area contributed by atoms with Crippen LogP contribution in [-0.2, 0) is 17.8 Å². The normalized spacial score (nSPS) is 14.0. The van der Waals surface area contributed by atoms with Gasteiger partial charge >= 0.3 is 0 Å². The fourth-order valence-corrected chi connectivity index (χ4v) is 3.32. The van der Waals surface area contributed by atoms with E-state index in [9.17, 15) is 4.79 Å². The molecule has 2 aromatic carbocycles. The first-order valence-electron chi connectivity index (χ1n) is 8.69. The largest absolute Gasteiger partial charge is 0.361 e. The number of hydrogen-bond acceptors (Lipinski definition) is 1. The van der Waals surface area contributed by atoms with Crippen molar-refractivity contribution in [2.24, 2.45) is 0 Å². The number of aromatic nitrogens is 1. The van der Waals surface area contributed by atoms with E-state index in [1.807, 2.05) is 24.4 Å². The Labute approximate surface area is 142 Å². The number of carbonyl (C=O) groups excluding carboxylic acids is 1. The summed E-state index contributed by atoms with van der Waals surface area (Å²) in [6.45, 7) is 0.716. The second kappa shape index (κ2) is 6.52. The van der Waals surface area contributed by atoms with Crippen molar-refractivity contribution in [1.82, 2.24) is 9.88 Å². The second-order valence-electron chi connectivity index (χ2n) is 6.59. The van der Waals surface area contributed by atoms with E-state index in [1.54, 1.807) is 0 Å². The molecular formula is C21H22N2O. The van der Waals surface area contributed by atoms with E-state index in [0.29, 0.717) is 19.0 Å². The van der Waals surface area contributed by atoms with Crippen LogP contribution in [0.3, 0.4) is 0 Å². The lowest BCUT2D eigenvalue weighted by Crippen LogP contribution is -2.32. The van der Waals surface area contributed by atoms with Crippen molar-refractivity contribution in [2.75, 3.05) is 0 Å². The maximum atomic E-state index is 12.8. The van der Waals surface area contributed by atoms with Crippen LogP contribution < -0.4 is 0 Å². The minimum atomic E-state index is 0.272. The number of aromatic amines is 1. The standard InChI is InChI=1S/C21H22N2O/c24-21(12-9-16-5-2-1-3-6-16)23(18-10-11-18)15-17-7-4-8-20-19(17)13-14-22-20/h1-8,13-14,18,22H,9-12,15H2. The highest BCUT2D eigenvalue weighted by Crippen LogP contribution is 2.30. The predicted octanol–water partition coefficient (Wildman–Crippen LogP) is 4.29. The molecule has 0 unspecified atom stereocenters. The molecule has 1 fully saturated rings. The van der Waals surface area contributed by atoms with Crippen molar-refractivity contribution in [3.8, 4) is 0 Å². The van der Waals surface area contributed by atoms with Gasteiger partial charge in [-0.05, 0) is 42.5 Å². The third kappa shape index (κ3) is 3.21. The van der Waals surface area contributed by atoms with Crippen molar-refractivity contribution in [1.29, 1.82) is 0 Å². The zero-order chi connectivity index (χ0) is 16.4. The molecule has 0 spiro atoms. The summed E-state index contributed by atoms with van der Waals surface area (Å²) in [5, 5.41) is 1.22. The molecule has 1 amide bonds. The second-order valence-corrected chi connectivity index (χ2v) is 6.59. The van der Waals surface area contributed by atoms with Crippen LogP contribution in [0.1, 0.15) is 30.4 Å². The summed E-state index contributed by atoms with van der Waals surface area (Å²) in [6.07, 6.45) is 5.65. The monoisotopic (exact) mass is 318 g/mol. The molecule has 122 valence electrons. The topological polar surface area (TPSA) is 36.1 Å². The van der Waals surface area contributed by atoms with Gasteiger partial charge in [0.15, 0.2) is 0 Å². The molecule has 1 heterocycles. The van der Waals surface area contributed by atoms with Gasteiger partial charge in [-0.3, -0.25) is 4.79 Å². The molecule has 0 saturated heterocycles. The van der Waals surface area contributed by atoms with E-state index in [1.165, 1.54) is 16.5 Å². The van der Waals surface area contributed by atoms with E-state index in [2.05, 4.69) is 46.3 Å². The van der Waals surface area contributed by atoms with Gasteiger partial charge in [-0.15, -0.1) is 0 Å². The number of hydrogen-bond donors (Lipinski definition) is 1. The zero-order valence-electron chi connectivity index (χ0n) is 13.7. The number of H-pyrrole nitrogens is 1. The Hall–Kier alpha value is -2.55. The highest BCUT2D eigenvalue weighted by Gasteiger charge is 2.32. The maximum Gasteiger partial charge on any atom is 0.223 e. The first kappa shape index (κ1) is 15.0. The van der Waals surface area contributed by atoms with Gasteiger partial charge in [0.25, 0.3) is 0 Å². The van der Waals surface area contributed by atoms with Gasteiger partial charge in [0.2, 0.25) is 5.91 Å². The molecule has 3 nitrogen and oxygen atoms in total. The maximum absolute atomic E-state index is 12.8. The highest BCUT2D eigenvalue weighted by atomic mass is 16.2. The third-order valence-electron chi connectivity index (χ3n) is 4.80. The Morgan fingerprint density at radius 1 is 1.04 bits per heavy atom. The van der Waals surface area contributed by atoms with E-state index in [0.717, 1.165) is 24.8 Å². The quantitative estimate of drug-likeness (QED) is 0.723. The Balaban J connectivity index is 1.48. The first-order chi connectivity index (χ1) is 11.8. The van der Waals surface area contributed by atoms with Crippen LogP contribution in [-0.4, -0.2) is 21.8 Å². The van der Waals surface area contributed by atoms with Gasteiger partial charge in [-0.2, -0.15) is 0 Å². The lowest BCUT2D eigenvalue weighted by Gasteiger charge is -2.23. The third-order valence-corrected chi connectivity index (χ3v) is 4.80. The van der Waals surface area contributed by atoms with Crippen LogP contribution in [0, 0.1) is 0 Å². The zero-order valence-corrected chi connectivity index (χ0v) is 13.7. The molecule has 1 aliphatic carbocycles. The molecule has 0 bridgehead atoms.